The minimum Gasteiger partial charge on any atom is -0.492 e. The number of ether oxygens (including phenoxy) is 3. The van der Waals surface area contributed by atoms with E-state index < -0.39 is 11.6 Å². The molecule has 492 valence electrons. The molecule has 3 aromatic heterocycles. The molecular weight excluding hydrogens is 1290 g/mol. The van der Waals surface area contributed by atoms with Crippen molar-refractivity contribution in [1.29, 1.82) is 0 Å². The van der Waals surface area contributed by atoms with Gasteiger partial charge in [0.25, 0.3) is 17.7 Å². The van der Waals surface area contributed by atoms with Crippen LogP contribution in [0.25, 0.3) is 20.9 Å². The fourth-order valence-electron chi connectivity index (χ4n) is 14.2. The number of piperidine rings is 3. The van der Waals surface area contributed by atoms with Crippen LogP contribution in [0.2, 0.25) is 10.0 Å². The molecule has 7 aromatic carbocycles. The van der Waals surface area contributed by atoms with Crippen molar-refractivity contribution in [2.45, 2.75) is 74.4 Å². The number of amides is 3. The van der Waals surface area contributed by atoms with Crippen LogP contribution in [0.4, 0.5) is 8.78 Å². The van der Waals surface area contributed by atoms with Crippen molar-refractivity contribution in [2.24, 2.45) is 17.2 Å². The second-order valence-corrected chi connectivity index (χ2v) is 27.4. The lowest BCUT2D eigenvalue weighted by atomic mass is 9.74. The molecule has 16 rings (SSSR count). The lowest BCUT2D eigenvalue weighted by Crippen LogP contribution is -2.46. The number of furan rings is 2. The van der Waals surface area contributed by atoms with Crippen molar-refractivity contribution in [3.63, 3.8) is 0 Å². The summed E-state index contributed by atoms with van der Waals surface area (Å²) in [6.07, 6.45) is 5.02. The minimum absolute atomic E-state index is 0.0167. The molecule has 0 atom stereocenters. The van der Waals surface area contributed by atoms with Crippen molar-refractivity contribution in [3.8, 4) is 40.9 Å². The number of halogens is 4. The Bertz CT molecular complexity index is 4820. The number of carbonyl (C=O) groups excluding carboxylic acids is 3. The number of rotatable bonds is 6. The van der Waals surface area contributed by atoms with Crippen molar-refractivity contribution >= 4 is 73.1 Å². The normalized spacial score (nSPS) is 16.5. The summed E-state index contributed by atoms with van der Waals surface area (Å²) in [6, 6.07) is 48.1. The van der Waals surface area contributed by atoms with Gasteiger partial charge in [-0.2, -0.15) is 0 Å². The lowest BCUT2D eigenvalue weighted by molar-refractivity contribution is 0.0609. The van der Waals surface area contributed by atoms with Crippen molar-refractivity contribution < 1.29 is 46.2 Å². The van der Waals surface area contributed by atoms with E-state index in [1.807, 2.05) is 82.6 Å². The maximum atomic E-state index is 13.3. The summed E-state index contributed by atoms with van der Waals surface area (Å²) in [7, 11) is 0. The van der Waals surface area contributed by atoms with E-state index in [9.17, 15) is 23.2 Å². The third kappa shape index (κ3) is 13.0. The van der Waals surface area contributed by atoms with Gasteiger partial charge in [-0.1, -0.05) is 114 Å². The van der Waals surface area contributed by atoms with Gasteiger partial charge in [-0.25, -0.2) is 8.78 Å². The molecule has 97 heavy (non-hydrogen) atoms. The van der Waals surface area contributed by atoms with Crippen molar-refractivity contribution in [3.05, 3.63) is 252 Å². The summed E-state index contributed by atoms with van der Waals surface area (Å²) in [4.78, 5) is 45.4. The quantitative estimate of drug-likeness (QED) is 0.134. The standard InChI is InChI=1S/C30H26N2O3.C26H22F2N2O3.C22H20Cl2N2O2S/c31-19-21-8-12-27-26(18-21)30(20-34-27)14-16-32(17-15-30)29(33)28-13-11-24(35-28)10-9-23-6-3-5-22-4-1-2-7-25(22)23;27-19-11-17(12-20(28)14-19)1-3-21-4-6-24(33-21)25(31)30-9-7-26(8-10-30)16-32-23-5-2-18(15-29)13-22(23)26;23-15-2-1-3-17-18(15)19(24)20(29-17)21(27)26-8-6-22(7-9-26)12-28-16-5-4-13(11-25)10-14(16)22/h1-8,11-13,18H,14-17,19-20,31H2;2,4-6,11-14H,7-10,15-16,29H2;1-5,10H,6-9,11-12,25H2. The maximum Gasteiger partial charge on any atom is 0.289 e. The summed E-state index contributed by atoms with van der Waals surface area (Å²) < 4.78 is 56.9. The van der Waals surface area contributed by atoms with Gasteiger partial charge >= 0.3 is 0 Å². The fourth-order valence-corrected chi connectivity index (χ4v) is 16.1. The average Bonchev–Trinajstić information content (AvgIpc) is 1.85. The van der Waals surface area contributed by atoms with Gasteiger partial charge in [0.1, 0.15) is 33.8 Å². The second-order valence-electron chi connectivity index (χ2n) is 25.6. The van der Waals surface area contributed by atoms with Crippen LogP contribution in [0, 0.1) is 35.3 Å². The highest BCUT2D eigenvalue weighted by atomic mass is 35.5. The van der Waals surface area contributed by atoms with E-state index in [1.165, 1.54) is 28.0 Å². The number of likely N-dealkylation sites (tertiary alicyclic amines) is 3. The van der Waals surface area contributed by atoms with Gasteiger partial charge in [-0.15, -0.1) is 11.3 Å². The number of hydrogen-bond acceptors (Lipinski definition) is 12. The summed E-state index contributed by atoms with van der Waals surface area (Å²) in [5.74, 6) is 14.0. The predicted molar refractivity (Wildman–Crippen MR) is 371 cm³/mol. The van der Waals surface area contributed by atoms with Crippen LogP contribution >= 0.6 is 34.5 Å². The van der Waals surface area contributed by atoms with Crippen LogP contribution in [0.1, 0.15) is 125 Å². The van der Waals surface area contributed by atoms with Gasteiger partial charge in [0.05, 0.1) is 29.9 Å². The van der Waals surface area contributed by atoms with Crippen molar-refractivity contribution in [1.82, 2.24) is 14.7 Å². The van der Waals surface area contributed by atoms with Gasteiger partial charge in [0.15, 0.2) is 23.0 Å². The van der Waals surface area contributed by atoms with E-state index >= 15 is 0 Å². The molecule has 0 unspecified atom stereocenters. The predicted octanol–water partition coefficient (Wildman–Crippen LogP) is 14.1. The third-order valence-corrected chi connectivity index (χ3v) is 21.8. The molecule has 3 amide bonds. The number of nitrogens with two attached hydrogens (primary N) is 3. The van der Waals surface area contributed by atoms with Crippen LogP contribution in [0.5, 0.6) is 17.2 Å². The van der Waals surface area contributed by atoms with Gasteiger partial charge in [-0.3, -0.25) is 14.4 Å². The molecule has 3 spiro atoms. The number of nitrogens with zero attached hydrogens (tertiary/aromatic N) is 3. The Morgan fingerprint density at radius 1 is 0.485 bits per heavy atom. The van der Waals surface area contributed by atoms with Crippen LogP contribution in [-0.4, -0.2) is 91.5 Å². The zero-order chi connectivity index (χ0) is 67.0. The Labute approximate surface area is 574 Å². The Morgan fingerprint density at radius 2 is 0.928 bits per heavy atom. The Hall–Kier alpha value is -9.43. The minimum atomic E-state index is -0.702. The molecule has 14 nitrogen and oxygen atoms in total. The first-order valence-corrected chi connectivity index (χ1v) is 34.0. The number of benzene rings is 7. The van der Waals surface area contributed by atoms with E-state index in [0.29, 0.717) is 105 Å². The zero-order valence-corrected chi connectivity index (χ0v) is 55.3. The average molecular weight is 1360 g/mol. The molecule has 3 fully saturated rings. The highest BCUT2D eigenvalue weighted by Crippen LogP contribution is 2.50. The van der Waals surface area contributed by atoms with Gasteiger partial charge in [0.2, 0.25) is 0 Å². The van der Waals surface area contributed by atoms with E-state index in [-0.39, 0.29) is 51.1 Å². The van der Waals surface area contributed by atoms with Crippen molar-refractivity contribution in [2.75, 3.05) is 59.1 Å². The number of carbonyl (C=O) groups is 3. The smallest absolute Gasteiger partial charge is 0.289 e. The SMILES string of the molecule is NCc1ccc2c(c1)C1(CCN(C(=O)c3ccc(C#Cc4cc(F)cc(F)c4)o3)CC1)CO2.NCc1ccc2c(c1)C1(CCN(C(=O)c3ccc(C#Cc4cccc5ccccc45)o3)CC1)CO2.NCc1ccc2c(c1)C1(CCN(C(=O)c3sc4cccc(Cl)c4c3Cl)CC1)CO2. The van der Waals surface area contributed by atoms with Gasteiger partial charge in [0, 0.05) is 119 Å². The third-order valence-electron chi connectivity index (χ3n) is 19.8. The summed E-state index contributed by atoms with van der Waals surface area (Å²) in [6.45, 7) is 7.27. The highest BCUT2D eigenvalue weighted by molar-refractivity contribution is 7.21. The molecule has 0 bridgehead atoms. The molecule has 0 saturated carbocycles. The Kier molecular flexibility index (Phi) is 18.2. The fraction of sp³-hybridized carbons (Fsp3) is 0.269. The van der Waals surface area contributed by atoms with E-state index in [2.05, 4.69) is 60.1 Å². The van der Waals surface area contributed by atoms with Crippen LogP contribution in [0.3, 0.4) is 0 Å². The Balaban J connectivity index is 0.000000125. The topological polar surface area (TPSA) is 193 Å². The van der Waals surface area contributed by atoms with E-state index in [4.69, 9.17) is 63.4 Å². The number of hydrogen-bond donors (Lipinski definition) is 3. The molecule has 9 heterocycles. The zero-order valence-electron chi connectivity index (χ0n) is 53.0. The first-order chi connectivity index (χ1) is 47.1. The number of fused-ring (bicyclic) bond motifs is 8. The van der Waals surface area contributed by atoms with E-state index in [1.54, 1.807) is 35.2 Å². The Morgan fingerprint density at radius 3 is 1.40 bits per heavy atom. The first-order valence-electron chi connectivity index (χ1n) is 32.4. The molecule has 19 heteroatoms. The van der Waals surface area contributed by atoms with Crippen LogP contribution in [0.15, 0.2) is 167 Å². The van der Waals surface area contributed by atoms with Gasteiger partial charge < -0.3 is 54.9 Å². The summed E-state index contributed by atoms with van der Waals surface area (Å²) in [5, 5.41) is 4.06. The summed E-state index contributed by atoms with van der Waals surface area (Å²) in [5.41, 5.74) is 25.4. The molecule has 0 aliphatic carbocycles. The molecule has 6 aliphatic rings. The second kappa shape index (κ2) is 27.2. The maximum absolute atomic E-state index is 13.3. The molecule has 6 N–H and O–H groups in total. The molecule has 10 aromatic rings. The molecule has 0 radical (unpaired) electrons. The molecule has 3 saturated heterocycles. The summed E-state index contributed by atoms with van der Waals surface area (Å²) >= 11 is 14.3. The van der Waals surface area contributed by atoms with Crippen LogP contribution < -0.4 is 31.4 Å². The largest absolute Gasteiger partial charge is 0.492 e. The molecular formula is C78H68Cl2F2N6O8S. The van der Waals surface area contributed by atoms with Crippen LogP contribution in [-0.2, 0) is 35.9 Å². The number of thiophene rings is 1. The lowest BCUT2D eigenvalue weighted by Gasteiger charge is -2.38. The van der Waals surface area contributed by atoms with Gasteiger partial charge in [-0.05, 0) is 151 Å². The first kappa shape index (κ1) is 64.9. The highest BCUT2D eigenvalue weighted by Gasteiger charge is 2.47. The van der Waals surface area contributed by atoms with E-state index in [0.717, 1.165) is 117 Å². The molecule has 6 aliphatic heterocycles. The monoisotopic (exact) mass is 1360 g/mol.